The van der Waals surface area contributed by atoms with Gasteiger partial charge in [0.05, 0.1) is 13.7 Å². The Hall–Kier alpha value is -1.75. The molecule has 0 fully saturated rings. The number of benzene rings is 1. The summed E-state index contributed by atoms with van der Waals surface area (Å²) in [6.45, 7) is 5.59. The Labute approximate surface area is 120 Å². The van der Waals surface area contributed by atoms with Crippen LogP contribution in [0.15, 0.2) is 36.9 Å². The van der Waals surface area contributed by atoms with E-state index in [0.29, 0.717) is 18.3 Å². The molecule has 0 atom stereocenters. The quantitative estimate of drug-likeness (QED) is 0.611. The molecule has 0 saturated heterocycles. The SMILES string of the molecule is C=CCNC(=S)N(C)CCOc1ccc(OC)cc1. The van der Waals surface area contributed by atoms with Crippen molar-refractivity contribution in [3.05, 3.63) is 36.9 Å². The monoisotopic (exact) mass is 280 g/mol. The van der Waals surface area contributed by atoms with Crippen molar-refractivity contribution in [1.82, 2.24) is 10.2 Å². The highest BCUT2D eigenvalue weighted by molar-refractivity contribution is 7.80. The highest BCUT2D eigenvalue weighted by Gasteiger charge is 2.03. The van der Waals surface area contributed by atoms with Crippen molar-refractivity contribution in [3.63, 3.8) is 0 Å². The van der Waals surface area contributed by atoms with Gasteiger partial charge < -0.3 is 19.7 Å². The molecule has 104 valence electrons. The van der Waals surface area contributed by atoms with Gasteiger partial charge in [0.2, 0.25) is 0 Å². The zero-order chi connectivity index (χ0) is 14.1. The molecular formula is C14H20N2O2S. The van der Waals surface area contributed by atoms with Gasteiger partial charge in [0.15, 0.2) is 5.11 Å². The van der Waals surface area contributed by atoms with Crippen LogP contribution in [0.4, 0.5) is 0 Å². The van der Waals surface area contributed by atoms with Crippen LogP contribution in [0.5, 0.6) is 11.5 Å². The van der Waals surface area contributed by atoms with Crippen LogP contribution in [-0.4, -0.2) is 43.9 Å². The molecule has 5 heteroatoms. The summed E-state index contributed by atoms with van der Waals surface area (Å²) in [5, 5.41) is 3.76. The van der Waals surface area contributed by atoms with E-state index in [4.69, 9.17) is 21.7 Å². The molecule has 19 heavy (non-hydrogen) atoms. The minimum Gasteiger partial charge on any atom is -0.497 e. The topological polar surface area (TPSA) is 33.7 Å². The van der Waals surface area contributed by atoms with Gasteiger partial charge in [0, 0.05) is 13.6 Å². The van der Waals surface area contributed by atoms with Gasteiger partial charge in [0.1, 0.15) is 18.1 Å². The minimum atomic E-state index is 0.568. The maximum atomic E-state index is 5.63. The third-order valence-corrected chi connectivity index (χ3v) is 2.96. The Kier molecular flexibility index (Phi) is 6.74. The fourth-order valence-corrected chi connectivity index (χ4v) is 1.54. The summed E-state index contributed by atoms with van der Waals surface area (Å²) in [7, 11) is 3.57. The highest BCUT2D eigenvalue weighted by atomic mass is 32.1. The van der Waals surface area contributed by atoms with Crippen molar-refractivity contribution in [2.24, 2.45) is 0 Å². The van der Waals surface area contributed by atoms with E-state index in [9.17, 15) is 0 Å². The van der Waals surface area contributed by atoms with Gasteiger partial charge in [-0.05, 0) is 36.5 Å². The standard InChI is InChI=1S/C14H20N2O2S/c1-4-9-15-14(19)16(2)10-11-18-13-7-5-12(17-3)6-8-13/h4-8H,1,9-11H2,2-3H3,(H,15,19). The lowest BCUT2D eigenvalue weighted by Gasteiger charge is -2.20. The Morgan fingerprint density at radius 2 is 2.00 bits per heavy atom. The van der Waals surface area contributed by atoms with Crippen molar-refractivity contribution in [2.45, 2.75) is 0 Å². The van der Waals surface area contributed by atoms with E-state index in [1.807, 2.05) is 36.2 Å². The van der Waals surface area contributed by atoms with E-state index in [1.54, 1.807) is 13.2 Å². The van der Waals surface area contributed by atoms with Gasteiger partial charge in [0.25, 0.3) is 0 Å². The molecule has 0 unspecified atom stereocenters. The normalized spacial score (nSPS) is 9.58. The van der Waals surface area contributed by atoms with Crippen LogP contribution in [0.25, 0.3) is 0 Å². The lowest BCUT2D eigenvalue weighted by atomic mass is 10.3. The summed E-state index contributed by atoms with van der Waals surface area (Å²) in [4.78, 5) is 1.93. The lowest BCUT2D eigenvalue weighted by molar-refractivity contribution is 0.283. The maximum absolute atomic E-state index is 5.63. The number of nitrogens with one attached hydrogen (secondary N) is 1. The zero-order valence-electron chi connectivity index (χ0n) is 11.4. The fraction of sp³-hybridized carbons (Fsp3) is 0.357. The Bertz CT molecular complexity index is 406. The van der Waals surface area contributed by atoms with Crippen LogP contribution >= 0.6 is 12.2 Å². The number of hydrogen-bond donors (Lipinski definition) is 1. The number of ether oxygens (including phenoxy) is 2. The molecule has 0 aliphatic heterocycles. The van der Waals surface area contributed by atoms with E-state index in [2.05, 4.69) is 11.9 Å². The first-order chi connectivity index (χ1) is 9.17. The molecule has 4 nitrogen and oxygen atoms in total. The second-order valence-corrected chi connectivity index (χ2v) is 4.31. The van der Waals surface area contributed by atoms with Gasteiger partial charge >= 0.3 is 0 Å². The summed E-state index contributed by atoms with van der Waals surface area (Å²) in [5.74, 6) is 1.64. The third-order valence-electron chi connectivity index (χ3n) is 2.50. The number of hydrogen-bond acceptors (Lipinski definition) is 3. The molecule has 1 aromatic carbocycles. The van der Waals surface area contributed by atoms with Crippen LogP contribution in [0.3, 0.4) is 0 Å². The largest absolute Gasteiger partial charge is 0.497 e. The van der Waals surface area contributed by atoms with Crippen LogP contribution in [0.1, 0.15) is 0 Å². The van der Waals surface area contributed by atoms with Crippen LogP contribution in [-0.2, 0) is 0 Å². The number of nitrogens with zero attached hydrogens (tertiary/aromatic N) is 1. The molecule has 0 radical (unpaired) electrons. The second kappa shape index (κ2) is 8.37. The van der Waals surface area contributed by atoms with Crippen LogP contribution in [0.2, 0.25) is 0 Å². The molecule has 1 N–H and O–H groups in total. The van der Waals surface area contributed by atoms with E-state index in [-0.39, 0.29) is 0 Å². The number of likely N-dealkylation sites (N-methyl/N-ethyl adjacent to an activating group) is 1. The summed E-state index contributed by atoms with van der Waals surface area (Å²) in [5.41, 5.74) is 0. The summed E-state index contributed by atoms with van der Waals surface area (Å²) < 4.78 is 10.7. The summed E-state index contributed by atoms with van der Waals surface area (Å²) >= 11 is 5.20. The van der Waals surface area contributed by atoms with Crippen molar-refractivity contribution < 1.29 is 9.47 Å². The van der Waals surface area contributed by atoms with Crippen molar-refractivity contribution in [1.29, 1.82) is 0 Å². The Balaban J connectivity index is 2.28. The Morgan fingerprint density at radius 3 is 2.58 bits per heavy atom. The molecule has 0 amide bonds. The van der Waals surface area contributed by atoms with E-state index < -0.39 is 0 Å². The van der Waals surface area contributed by atoms with Crippen molar-refractivity contribution >= 4 is 17.3 Å². The molecule has 0 spiro atoms. The van der Waals surface area contributed by atoms with Crippen molar-refractivity contribution in [3.8, 4) is 11.5 Å². The lowest BCUT2D eigenvalue weighted by Crippen LogP contribution is -2.39. The number of rotatable bonds is 7. The molecule has 1 rings (SSSR count). The average molecular weight is 280 g/mol. The number of methoxy groups -OCH3 is 1. The zero-order valence-corrected chi connectivity index (χ0v) is 12.2. The van der Waals surface area contributed by atoms with E-state index in [1.165, 1.54) is 0 Å². The first-order valence-electron chi connectivity index (χ1n) is 6.04. The third kappa shape index (κ3) is 5.61. The smallest absolute Gasteiger partial charge is 0.169 e. The van der Waals surface area contributed by atoms with E-state index in [0.717, 1.165) is 18.0 Å². The van der Waals surface area contributed by atoms with Gasteiger partial charge in [-0.25, -0.2) is 0 Å². The fourth-order valence-electron chi connectivity index (χ4n) is 1.37. The summed E-state index contributed by atoms with van der Waals surface area (Å²) in [6, 6.07) is 7.50. The number of thiocarbonyl (C=S) groups is 1. The molecule has 0 aliphatic carbocycles. The first kappa shape index (κ1) is 15.3. The van der Waals surface area contributed by atoms with E-state index >= 15 is 0 Å². The molecule has 0 saturated carbocycles. The van der Waals surface area contributed by atoms with Crippen LogP contribution in [0, 0.1) is 0 Å². The Morgan fingerprint density at radius 1 is 1.37 bits per heavy atom. The molecule has 1 aromatic rings. The van der Waals surface area contributed by atoms with Gasteiger partial charge in [-0.2, -0.15) is 0 Å². The summed E-state index contributed by atoms with van der Waals surface area (Å²) in [6.07, 6.45) is 1.77. The molecule has 0 heterocycles. The van der Waals surface area contributed by atoms with Gasteiger partial charge in [-0.1, -0.05) is 6.08 Å². The minimum absolute atomic E-state index is 0.568. The molecular weight excluding hydrogens is 260 g/mol. The molecule has 0 aromatic heterocycles. The van der Waals surface area contributed by atoms with Crippen LogP contribution < -0.4 is 14.8 Å². The molecule has 0 bridgehead atoms. The first-order valence-corrected chi connectivity index (χ1v) is 6.45. The predicted molar refractivity (Wildman–Crippen MR) is 81.9 cm³/mol. The van der Waals surface area contributed by atoms with Gasteiger partial charge in [-0.15, -0.1) is 6.58 Å². The van der Waals surface area contributed by atoms with Gasteiger partial charge in [-0.3, -0.25) is 0 Å². The predicted octanol–water partition coefficient (Wildman–Crippen LogP) is 2.07. The molecule has 0 aliphatic rings. The maximum Gasteiger partial charge on any atom is 0.169 e. The average Bonchev–Trinajstić information content (AvgIpc) is 2.45. The highest BCUT2D eigenvalue weighted by Crippen LogP contribution is 2.16. The van der Waals surface area contributed by atoms with Crippen molar-refractivity contribution in [2.75, 3.05) is 33.9 Å². The second-order valence-electron chi connectivity index (χ2n) is 3.92.